The van der Waals surface area contributed by atoms with Crippen LogP contribution in [-0.2, 0) is 17.8 Å². The second-order valence-electron chi connectivity index (χ2n) is 6.02. The van der Waals surface area contributed by atoms with E-state index in [1.807, 2.05) is 25.4 Å². The highest BCUT2D eigenvalue weighted by atomic mass is 32.1. The third-order valence-electron chi connectivity index (χ3n) is 3.90. The van der Waals surface area contributed by atoms with Gasteiger partial charge in [-0.25, -0.2) is 15.0 Å². The van der Waals surface area contributed by atoms with Gasteiger partial charge in [-0.15, -0.1) is 11.3 Å². The molecule has 0 aromatic carbocycles. The summed E-state index contributed by atoms with van der Waals surface area (Å²) in [5.74, 6) is 1.48. The molecule has 7 heteroatoms. The van der Waals surface area contributed by atoms with E-state index in [1.54, 1.807) is 11.3 Å². The number of anilines is 1. The number of aryl methyl sites for hydroxylation is 1. The van der Waals surface area contributed by atoms with Gasteiger partial charge in [-0.1, -0.05) is 0 Å². The molecular weight excluding hydrogens is 310 g/mol. The predicted octanol–water partition coefficient (Wildman–Crippen LogP) is 2.26. The number of carbonyl (C=O) groups excluding carboxylic acids is 1. The molecule has 1 saturated heterocycles. The van der Waals surface area contributed by atoms with Crippen molar-refractivity contribution in [2.75, 3.05) is 18.4 Å². The Bertz CT molecular complexity index is 687. The number of likely N-dealkylation sites (tertiary alicyclic amines) is 1. The fourth-order valence-corrected chi connectivity index (χ4v) is 3.79. The van der Waals surface area contributed by atoms with Crippen molar-refractivity contribution in [1.82, 2.24) is 19.9 Å². The zero-order valence-corrected chi connectivity index (χ0v) is 14.3. The SMILES string of the molecule is CC(=O)Nc1ncc(CN2CCC(Cc3nccc(C)n3)C2)s1. The van der Waals surface area contributed by atoms with Gasteiger partial charge in [0.05, 0.1) is 0 Å². The van der Waals surface area contributed by atoms with E-state index in [-0.39, 0.29) is 5.91 Å². The maximum absolute atomic E-state index is 11.0. The van der Waals surface area contributed by atoms with Crippen LogP contribution >= 0.6 is 11.3 Å². The quantitative estimate of drug-likeness (QED) is 0.910. The number of nitrogens with zero attached hydrogens (tertiary/aromatic N) is 4. The van der Waals surface area contributed by atoms with Crippen molar-refractivity contribution in [3.8, 4) is 0 Å². The lowest BCUT2D eigenvalue weighted by molar-refractivity contribution is -0.114. The Labute approximate surface area is 140 Å². The highest BCUT2D eigenvalue weighted by Gasteiger charge is 2.24. The molecule has 1 fully saturated rings. The Kier molecular flexibility index (Phi) is 4.97. The third kappa shape index (κ3) is 4.56. The Balaban J connectivity index is 1.51. The van der Waals surface area contributed by atoms with Crippen LogP contribution in [0.2, 0.25) is 0 Å². The summed E-state index contributed by atoms with van der Waals surface area (Å²) in [6.45, 7) is 6.54. The Morgan fingerprint density at radius 3 is 3.13 bits per heavy atom. The topological polar surface area (TPSA) is 71.0 Å². The Morgan fingerprint density at radius 1 is 1.48 bits per heavy atom. The van der Waals surface area contributed by atoms with Gasteiger partial charge in [0.15, 0.2) is 5.13 Å². The monoisotopic (exact) mass is 331 g/mol. The van der Waals surface area contributed by atoms with Crippen molar-refractivity contribution in [2.45, 2.75) is 33.2 Å². The lowest BCUT2D eigenvalue weighted by atomic mass is 10.0. The molecule has 2 aromatic rings. The molecule has 6 nitrogen and oxygen atoms in total. The second kappa shape index (κ2) is 7.14. The number of rotatable bonds is 5. The van der Waals surface area contributed by atoms with Crippen molar-refractivity contribution >= 4 is 22.4 Å². The molecule has 0 bridgehead atoms. The average molecular weight is 331 g/mol. The smallest absolute Gasteiger partial charge is 0.223 e. The lowest BCUT2D eigenvalue weighted by Crippen LogP contribution is -2.20. The summed E-state index contributed by atoms with van der Waals surface area (Å²) in [6.07, 6.45) is 5.81. The van der Waals surface area contributed by atoms with Crippen LogP contribution in [0.15, 0.2) is 18.5 Å². The lowest BCUT2D eigenvalue weighted by Gasteiger charge is -2.14. The van der Waals surface area contributed by atoms with E-state index >= 15 is 0 Å². The van der Waals surface area contributed by atoms with Gasteiger partial charge in [0.1, 0.15) is 5.82 Å². The van der Waals surface area contributed by atoms with Crippen molar-refractivity contribution in [3.63, 3.8) is 0 Å². The number of thiazole rings is 1. The zero-order chi connectivity index (χ0) is 16.2. The molecule has 122 valence electrons. The number of nitrogens with one attached hydrogen (secondary N) is 1. The van der Waals surface area contributed by atoms with Gasteiger partial charge in [0.25, 0.3) is 0 Å². The van der Waals surface area contributed by atoms with Gasteiger partial charge in [-0.2, -0.15) is 0 Å². The molecular formula is C16H21N5OS. The molecule has 2 aromatic heterocycles. The third-order valence-corrected chi connectivity index (χ3v) is 4.80. The summed E-state index contributed by atoms with van der Waals surface area (Å²) in [7, 11) is 0. The Morgan fingerprint density at radius 2 is 2.35 bits per heavy atom. The number of hydrogen-bond acceptors (Lipinski definition) is 6. The fourth-order valence-electron chi connectivity index (χ4n) is 2.89. The molecule has 0 aliphatic carbocycles. The van der Waals surface area contributed by atoms with Crippen LogP contribution in [-0.4, -0.2) is 38.8 Å². The minimum Gasteiger partial charge on any atom is -0.302 e. The molecule has 0 spiro atoms. The van der Waals surface area contributed by atoms with E-state index in [4.69, 9.17) is 0 Å². The minimum atomic E-state index is -0.0784. The van der Waals surface area contributed by atoms with Gasteiger partial charge in [0.2, 0.25) is 5.91 Å². The van der Waals surface area contributed by atoms with E-state index < -0.39 is 0 Å². The van der Waals surface area contributed by atoms with Crippen LogP contribution in [0.5, 0.6) is 0 Å². The molecule has 1 unspecified atom stereocenters. The molecule has 1 N–H and O–H groups in total. The number of carbonyl (C=O) groups is 1. The van der Waals surface area contributed by atoms with Gasteiger partial charge < -0.3 is 5.32 Å². The predicted molar refractivity (Wildman–Crippen MR) is 90.3 cm³/mol. The minimum absolute atomic E-state index is 0.0784. The van der Waals surface area contributed by atoms with Crippen molar-refractivity contribution in [1.29, 1.82) is 0 Å². The summed E-state index contributed by atoms with van der Waals surface area (Å²) in [5, 5.41) is 3.41. The highest BCUT2D eigenvalue weighted by Crippen LogP contribution is 2.25. The zero-order valence-electron chi connectivity index (χ0n) is 13.5. The molecule has 0 saturated carbocycles. The van der Waals surface area contributed by atoms with Crippen LogP contribution in [0.25, 0.3) is 0 Å². The summed E-state index contributed by atoms with van der Waals surface area (Å²) >= 11 is 1.55. The molecule has 1 aliphatic rings. The largest absolute Gasteiger partial charge is 0.302 e. The van der Waals surface area contributed by atoms with Crippen LogP contribution in [0, 0.1) is 12.8 Å². The van der Waals surface area contributed by atoms with Gasteiger partial charge in [-0.3, -0.25) is 9.69 Å². The van der Waals surface area contributed by atoms with Gasteiger partial charge >= 0.3 is 0 Å². The highest BCUT2D eigenvalue weighted by molar-refractivity contribution is 7.15. The first kappa shape index (κ1) is 16.0. The molecule has 0 radical (unpaired) electrons. The normalized spacial score (nSPS) is 18.3. The van der Waals surface area contributed by atoms with Gasteiger partial charge in [0, 0.05) is 49.4 Å². The van der Waals surface area contributed by atoms with E-state index in [2.05, 4.69) is 25.2 Å². The van der Waals surface area contributed by atoms with E-state index in [0.29, 0.717) is 11.0 Å². The molecule has 1 atom stereocenters. The van der Waals surface area contributed by atoms with E-state index in [0.717, 1.165) is 37.6 Å². The van der Waals surface area contributed by atoms with Crippen LogP contribution in [0.3, 0.4) is 0 Å². The molecule has 1 amide bonds. The summed E-state index contributed by atoms with van der Waals surface area (Å²) in [5.41, 5.74) is 1.03. The summed E-state index contributed by atoms with van der Waals surface area (Å²) in [6, 6.07) is 1.93. The molecule has 3 heterocycles. The maximum atomic E-state index is 11.0. The van der Waals surface area contributed by atoms with Crippen molar-refractivity contribution in [2.24, 2.45) is 5.92 Å². The number of aromatic nitrogens is 3. The number of amides is 1. The number of hydrogen-bond donors (Lipinski definition) is 1. The van der Waals surface area contributed by atoms with Crippen LogP contribution in [0.1, 0.15) is 29.7 Å². The molecule has 23 heavy (non-hydrogen) atoms. The first-order chi connectivity index (χ1) is 11.1. The fraction of sp³-hybridized carbons (Fsp3) is 0.500. The first-order valence-electron chi connectivity index (χ1n) is 7.81. The maximum Gasteiger partial charge on any atom is 0.223 e. The van der Waals surface area contributed by atoms with Crippen molar-refractivity contribution < 1.29 is 4.79 Å². The van der Waals surface area contributed by atoms with Crippen LogP contribution in [0.4, 0.5) is 5.13 Å². The van der Waals surface area contributed by atoms with Gasteiger partial charge in [-0.05, 0) is 31.9 Å². The summed E-state index contributed by atoms with van der Waals surface area (Å²) < 4.78 is 0. The standard InChI is InChI=1S/C16H21N5OS/c1-11-3-5-17-15(19-11)7-13-4-6-21(9-13)10-14-8-18-16(23-14)20-12(2)22/h3,5,8,13H,4,6-7,9-10H2,1-2H3,(H,18,20,22). The first-order valence-corrected chi connectivity index (χ1v) is 8.63. The second-order valence-corrected chi connectivity index (χ2v) is 7.14. The average Bonchev–Trinajstić information content (AvgIpc) is 3.09. The van der Waals surface area contributed by atoms with Crippen molar-refractivity contribution in [3.05, 3.63) is 34.9 Å². The summed E-state index contributed by atoms with van der Waals surface area (Å²) in [4.78, 5) is 27.8. The van der Waals surface area contributed by atoms with E-state index in [9.17, 15) is 4.79 Å². The molecule has 3 rings (SSSR count). The van der Waals surface area contributed by atoms with E-state index in [1.165, 1.54) is 18.2 Å². The molecule has 1 aliphatic heterocycles. The Hall–Kier alpha value is -1.86. The van der Waals surface area contributed by atoms with Crippen LogP contribution < -0.4 is 5.32 Å².